The number of carbonyl (C=O) groups excluding carboxylic acids is 1. The zero-order valence-electron chi connectivity index (χ0n) is 18.0. The summed E-state index contributed by atoms with van der Waals surface area (Å²) in [6.45, 7) is 7.07. The largest absolute Gasteiger partial charge is 0.379 e. The van der Waals surface area contributed by atoms with Crippen LogP contribution in [-0.4, -0.2) is 80.9 Å². The Bertz CT molecular complexity index is 912. The molecule has 2 heterocycles. The van der Waals surface area contributed by atoms with E-state index in [1.54, 1.807) is 4.90 Å². The number of anilines is 1. The molecule has 1 aromatic carbocycles. The summed E-state index contributed by atoms with van der Waals surface area (Å²) in [5.41, 5.74) is 0.137. The van der Waals surface area contributed by atoms with Crippen molar-refractivity contribution in [3.63, 3.8) is 0 Å². The first-order chi connectivity index (χ1) is 14.8. The summed E-state index contributed by atoms with van der Waals surface area (Å²) in [6.07, 6.45) is 1.48. The molecule has 0 spiro atoms. The summed E-state index contributed by atoms with van der Waals surface area (Å²) in [5.74, 6) is -0.169. The molecule has 11 heteroatoms. The molecule has 0 radical (unpaired) electrons. The van der Waals surface area contributed by atoms with E-state index in [-0.39, 0.29) is 48.7 Å². The van der Waals surface area contributed by atoms with Crippen molar-refractivity contribution >= 4 is 27.3 Å². The minimum absolute atomic E-state index is 0.0641. The van der Waals surface area contributed by atoms with Gasteiger partial charge in [0.25, 0.3) is 5.69 Å². The third kappa shape index (κ3) is 4.99. The monoisotopic (exact) mass is 454 g/mol. The maximum absolute atomic E-state index is 13.4. The number of sulfonamides is 1. The van der Waals surface area contributed by atoms with Crippen LogP contribution in [0.5, 0.6) is 0 Å². The smallest absolute Gasteiger partial charge is 0.270 e. The van der Waals surface area contributed by atoms with Crippen LogP contribution < -0.4 is 4.90 Å². The van der Waals surface area contributed by atoms with Gasteiger partial charge >= 0.3 is 0 Å². The molecule has 10 nitrogen and oxygen atoms in total. The summed E-state index contributed by atoms with van der Waals surface area (Å²) >= 11 is 0. The number of ether oxygens (including phenoxy) is 1. The van der Waals surface area contributed by atoms with E-state index in [9.17, 15) is 23.3 Å². The zero-order valence-corrected chi connectivity index (χ0v) is 18.8. The molecule has 2 aliphatic rings. The number of benzene rings is 1. The van der Waals surface area contributed by atoms with Crippen molar-refractivity contribution in [3.8, 4) is 0 Å². The Labute approximate surface area is 182 Å². The maximum Gasteiger partial charge on any atom is 0.270 e. The molecule has 0 aromatic heterocycles. The minimum atomic E-state index is -3.95. The van der Waals surface area contributed by atoms with E-state index >= 15 is 0 Å². The SMILES string of the molecule is CCN(CC)C(=O)[C@@H]1CCCN(c2ccc([N+](=O)[O-])cc2S(=O)(=O)N2CCOCC2)C1. The predicted octanol–water partition coefficient (Wildman–Crippen LogP) is 1.70. The van der Waals surface area contributed by atoms with Crippen LogP contribution in [0.3, 0.4) is 0 Å². The Morgan fingerprint density at radius 3 is 2.52 bits per heavy atom. The van der Waals surface area contributed by atoms with Gasteiger partial charge in [-0.15, -0.1) is 0 Å². The second-order valence-corrected chi connectivity index (χ2v) is 9.63. The molecule has 172 valence electrons. The number of hydrogen-bond acceptors (Lipinski definition) is 7. The first-order valence-corrected chi connectivity index (χ1v) is 12.1. The van der Waals surface area contributed by atoms with Gasteiger partial charge in [0.15, 0.2) is 0 Å². The average molecular weight is 455 g/mol. The molecule has 1 amide bonds. The topological polar surface area (TPSA) is 113 Å². The molecule has 0 saturated carbocycles. The number of non-ortho nitro benzene ring substituents is 1. The molecule has 1 atom stereocenters. The molecular formula is C20H30N4O6S. The molecule has 31 heavy (non-hydrogen) atoms. The molecule has 0 aliphatic carbocycles. The van der Waals surface area contributed by atoms with Gasteiger partial charge in [0.1, 0.15) is 4.90 Å². The number of carbonyl (C=O) groups is 1. The van der Waals surface area contributed by atoms with Crippen LogP contribution in [0.4, 0.5) is 11.4 Å². The fraction of sp³-hybridized carbons (Fsp3) is 0.650. The lowest BCUT2D eigenvalue weighted by molar-refractivity contribution is -0.385. The van der Waals surface area contributed by atoms with Crippen molar-refractivity contribution < 1.29 is 22.9 Å². The Kier molecular flexibility index (Phi) is 7.50. The van der Waals surface area contributed by atoms with Crippen LogP contribution >= 0.6 is 0 Å². The third-order valence-electron chi connectivity index (χ3n) is 5.93. The summed E-state index contributed by atoms with van der Waals surface area (Å²) in [4.78, 5) is 27.2. The van der Waals surface area contributed by atoms with E-state index in [0.717, 1.165) is 18.9 Å². The molecule has 1 aromatic rings. The fourth-order valence-electron chi connectivity index (χ4n) is 4.20. The highest BCUT2D eigenvalue weighted by Crippen LogP contribution is 2.34. The van der Waals surface area contributed by atoms with Crippen LogP contribution in [0, 0.1) is 16.0 Å². The van der Waals surface area contributed by atoms with Gasteiger partial charge in [-0.05, 0) is 32.8 Å². The standard InChI is InChI=1S/C20H30N4O6S/c1-3-21(4-2)20(25)16-6-5-9-22(15-16)18-8-7-17(24(26)27)14-19(18)31(28,29)23-10-12-30-13-11-23/h7-8,14,16H,3-6,9-13,15H2,1-2H3/t16-/m1/s1. The summed E-state index contributed by atoms with van der Waals surface area (Å²) in [7, 11) is -3.95. The second kappa shape index (κ2) is 9.92. The fourth-order valence-corrected chi connectivity index (χ4v) is 5.84. The lowest BCUT2D eigenvalue weighted by Gasteiger charge is -2.37. The van der Waals surface area contributed by atoms with E-state index in [1.807, 2.05) is 18.7 Å². The van der Waals surface area contributed by atoms with Gasteiger partial charge in [-0.25, -0.2) is 8.42 Å². The van der Waals surface area contributed by atoms with Gasteiger partial charge in [0, 0.05) is 51.4 Å². The Hall–Kier alpha value is -2.24. The first kappa shape index (κ1) is 23.4. The number of piperidine rings is 1. The lowest BCUT2D eigenvalue weighted by atomic mass is 9.96. The first-order valence-electron chi connectivity index (χ1n) is 10.7. The third-order valence-corrected chi connectivity index (χ3v) is 7.86. The number of nitrogens with zero attached hydrogens (tertiary/aromatic N) is 4. The van der Waals surface area contributed by atoms with E-state index in [0.29, 0.717) is 31.9 Å². The highest BCUT2D eigenvalue weighted by molar-refractivity contribution is 7.89. The van der Waals surface area contributed by atoms with E-state index < -0.39 is 14.9 Å². The molecular weight excluding hydrogens is 424 g/mol. The molecule has 3 rings (SSSR count). The van der Waals surface area contributed by atoms with Crippen LogP contribution in [0.25, 0.3) is 0 Å². The lowest BCUT2D eigenvalue weighted by Crippen LogP contribution is -2.46. The molecule has 2 fully saturated rings. The van der Waals surface area contributed by atoms with Crippen molar-refractivity contribution in [3.05, 3.63) is 28.3 Å². The highest BCUT2D eigenvalue weighted by atomic mass is 32.2. The Balaban J connectivity index is 1.96. The highest BCUT2D eigenvalue weighted by Gasteiger charge is 2.34. The number of nitro groups is 1. The van der Waals surface area contributed by atoms with Crippen molar-refractivity contribution in [2.24, 2.45) is 5.92 Å². The number of morpholine rings is 1. The molecule has 2 aliphatic heterocycles. The zero-order chi connectivity index (χ0) is 22.6. The summed E-state index contributed by atoms with van der Waals surface area (Å²) in [6, 6.07) is 3.95. The van der Waals surface area contributed by atoms with Crippen LogP contribution in [0.15, 0.2) is 23.1 Å². The summed E-state index contributed by atoms with van der Waals surface area (Å²) in [5, 5.41) is 11.3. The average Bonchev–Trinajstić information content (AvgIpc) is 2.80. The van der Waals surface area contributed by atoms with Gasteiger partial charge in [0.2, 0.25) is 15.9 Å². The van der Waals surface area contributed by atoms with Crippen LogP contribution in [-0.2, 0) is 19.6 Å². The number of nitro benzene ring substituents is 1. The Morgan fingerprint density at radius 2 is 1.90 bits per heavy atom. The van der Waals surface area contributed by atoms with Crippen molar-refractivity contribution in [2.75, 3.05) is 57.4 Å². The van der Waals surface area contributed by atoms with E-state index in [4.69, 9.17) is 4.74 Å². The second-order valence-electron chi connectivity index (χ2n) is 7.72. The van der Waals surface area contributed by atoms with Gasteiger partial charge in [-0.2, -0.15) is 4.31 Å². The quantitative estimate of drug-likeness (QED) is 0.455. The van der Waals surface area contributed by atoms with Gasteiger partial charge in [0.05, 0.1) is 29.7 Å². The normalized spacial score (nSPS) is 20.5. The Morgan fingerprint density at radius 1 is 1.23 bits per heavy atom. The molecule has 0 N–H and O–H groups in total. The number of rotatable bonds is 7. The molecule has 2 saturated heterocycles. The van der Waals surface area contributed by atoms with Crippen molar-refractivity contribution in [1.82, 2.24) is 9.21 Å². The molecule has 0 bridgehead atoms. The predicted molar refractivity (Wildman–Crippen MR) is 116 cm³/mol. The molecule has 0 unspecified atom stereocenters. The van der Waals surface area contributed by atoms with Crippen molar-refractivity contribution in [1.29, 1.82) is 0 Å². The van der Waals surface area contributed by atoms with E-state index in [2.05, 4.69) is 0 Å². The van der Waals surface area contributed by atoms with Crippen molar-refractivity contribution in [2.45, 2.75) is 31.6 Å². The maximum atomic E-state index is 13.4. The van der Waals surface area contributed by atoms with Gasteiger partial charge in [-0.1, -0.05) is 0 Å². The van der Waals surface area contributed by atoms with Gasteiger partial charge in [-0.3, -0.25) is 14.9 Å². The minimum Gasteiger partial charge on any atom is -0.379 e. The summed E-state index contributed by atoms with van der Waals surface area (Å²) < 4.78 is 33.3. The number of hydrogen-bond donors (Lipinski definition) is 0. The van der Waals surface area contributed by atoms with E-state index in [1.165, 1.54) is 16.4 Å². The van der Waals surface area contributed by atoms with Gasteiger partial charge < -0.3 is 14.5 Å². The van der Waals surface area contributed by atoms with Crippen LogP contribution in [0.1, 0.15) is 26.7 Å². The van der Waals surface area contributed by atoms with Crippen LogP contribution in [0.2, 0.25) is 0 Å². The number of amides is 1.